The van der Waals surface area contributed by atoms with E-state index in [1.165, 1.54) is 32.1 Å². The summed E-state index contributed by atoms with van der Waals surface area (Å²) in [6.07, 6.45) is 15.1. The van der Waals surface area contributed by atoms with Gasteiger partial charge in [0.1, 0.15) is 11.5 Å². The normalized spacial score (nSPS) is 11.1. The minimum absolute atomic E-state index is 0.236. The number of aromatic hydroxyl groups is 1. The van der Waals surface area contributed by atoms with Gasteiger partial charge in [-0.1, -0.05) is 75.4 Å². The van der Waals surface area contributed by atoms with Crippen LogP contribution in [0.1, 0.15) is 56.6 Å². The smallest absolute Gasteiger partial charge is 0.127 e. The quantitative estimate of drug-likeness (QED) is 0.341. The first-order valence-corrected chi connectivity index (χ1v) is 10.9. The van der Waals surface area contributed by atoms with Crippen LogP contribution in [0.3, 0.4) is 0 Å². The Balaban J connectivity index is 1.65. The van der Waals surface area contributed by atoms with E-state index in [0.717, 1.165) is 34.4 Å². The van der Waals surface area contributed by atoms with E-state index in [4.69, 9.17) is 4.74 Å². The first kappa shape index (κ1) is 21.6. The fraction of sp³-hybridized carbons (Fsp3) is 0.296. The highest BCUT2D eigenvalue weighted by Crippen LogP contribution is 2.35. The minimum atomic E-state index is 0.236. The van der Waals surface area contributed by atoms with Crippen LogP contribution in [0.2, 0.25) is 0 Å². The van der Waals surface area contributed by atoms with Crippen molar-refractivity contribution < 1.29 is 9.84 Å². The molecule has 30 heavy (non-hydrogen) atoms. The zero-order valence-electron chi connectivity index (χ0n) is 17.8. The second kappa shape index (κ2) is 11.8. The molecule has 0 saturated carbocycles. The minimum Gasteiger partial charge on any atom is -0.507 e. The Morgan fingerprint density at radius 2 is 1.60 bits per heavy atom. The number of pyridine rings is 1. The Morgan fingerprint density at radius 1 is 0.833 bits per heavy atom. The maximum Gasteiger partial charge on any atom is 0.127 e. The predicted molar refractivity (Wildman–Crippen MR) is 126 cm³/mol. The summed E-state index contributed by atoms with van der Waals surface area (Å²) in [5.41, 5.74) is 3.92. The molecule has 1 N–H and O–H groups in total. The molecule has 0 fully saturated rings. The first-order chi connectivity index (χ1) is 14.8. The summed E-state index contributed by atoms with van der Waals surface area (Å²) >= 11 is 0. The lowest BCUT2D eigenvalue weighted by Gasteiger charge is -2.11. The van der Waals surface area contributed by atoms with E-state index in [9.17, 15) is 5.11 Å². The molecule has 3 heteroatoms. The number of aromatic nitrogens is 1. The van der Waals surface area contributed by atoms with Crippen molar-refractivity contribution in [1.29, 1.82) is 0 Å². The Labute approximate surface area is 180 Å². The molecule has 0 atom stereocenters. The van der Waals surface area contributed by atoms with Crippen molar-refractivity contribution >= 4 is 12.2 Å². The lowest BCUT2D eigenvalue weighted by atomic mass is 9.98. The van der Waals surface area contributed by atoms with Crippen molar-refractivity contribution in [1.82, 2.24) is 4.98 Å². The van der Waals surface area contributed by atoms with Gasteiger partial charge in [-0.25, -0.2) is 0 Å². The summed E-state index contributed by atoms with van der Waals surface area (Å²) in [5, 5.41) is 10.6. The Bertz CT molecular complexity index is 935. The molecule has 0 spiro atoms. The van der Waals surface area contributed by atoms with E-state index in [2.05, 4.69) is 30.1 Å². The average molecular weight is 402 g/mol. The molecular weight excluding hydrogens is 370 g/mol. The molecule has 156 valence electrons. The molecule has 0 amide bonds. The van der Waals surface area contributed by atoms with Crippen LogP contribution in [0.5, 0.6) is 11.5 Å². The molecule has 0 aliphatic carbocycles. The van der Waals surface area contributed by atoms with Gasteiger partial charge >= 0.3 is 0 Å². The molecule has 1 heterocycles. The summed E-state index contributed by atoms with van der Waals surface area (Å²) in [6.45, 7) is 2.92. The van der Waals surface area contributed by atoms with Gasteiger partial charge in [-0.3, -0.25) is 4.98 Å². The summed E-state index contributed by atoms with van der Waals surface area (Å²) < 4.78 is 5.84. The van der Waals surface area contributed by atoms with Crippen LogP contribution < -0.4 is 4.74 Å². The topological polar surface area (TPSA) is 42.4 Å². The number of phenolic OH excluding ortho intramolecular Hbond substituents is 1. The Hall–Kier alpha value is -3.07. The average Bonchev–Trinajstić information content (AvgIpc) is 2.78. The van der Waals surface area contributed by atoms with Gasteiger partial charge in [-0.2, -0.15) is 0 Å². The Morgan fingerprint density at radius 3 is 2.40 bits per heavy atom. The number of benzene rings is 2. The van der Waals surface area contributed by atoms with Gasteiger partial charge in [0, 0.05) is 24.0 Å². The second-order valence-electron chi connectivity index (χ2n) is 7.50. The van der Waals surface area contributed by atoms with Crippen molar-refractivity contribution in [3.05, 3.63) is 78.1 Å². The van der Waals surface area contributed by atoms with E-state index >= 15 is 0 Å². The summed E-state index contributed by atoms with van der Waals surface area (Å²) in [5.74, 6) is 0.954. The van der Waals surface area contributed by atoms with E-state index in [-0.39, 0.29) is 5.75 Å². The van der Waals surface area contributed by atoms with Gasteiger partial charge < -0.3 is 9.84 Å². The van der Waals surface area contributed by atoms with Crippen molar-refractivity contribution in [2.75, 3.05) is 6.61 Å². The molecule has 1 aromatic heterocycles. The molecule has 0 aliphatic rings. The van der Waals surface area contributed by atoms with E-state index in [1.54, 1.807) is 18.5 Å². The molecule has 2 aromatic carbocycles. The van der Waals surface area contributed by atoms with Crippen LogP contribution in [-0.2, 0) is 0 Å². The van der Waals surface area contributed by atoms with Crippen LogP contribution >= 0.6 is 0 Å². The molecular formula is C27H31NO2. The first-order valence-electron chi connectivity index (χ1n) is 10.9. The van der Waals surface area contributed by atoms with Crippen molar-refractivity contribution in [2.24, 2.45) is 0 Å². The number of hydrogen-bond donors (Lipinski definition) is 1. The zero-order valence-corrected chi connectivity index (χ0v) is 17.8. The monoisotopic (exact) mass is 401 g/mol. The molecule has 0 radical (unpaired) electrons. The maximum atomic E-state index is 10.6. The Kier molecular flexibility index (Phi) is 8.52. The number of nitrogens with zero attached hydrogens (tertiary/aromatic N) is 1. The van der Waals surface area contributed by atoms with E-state index in [1.807, 2.05) is 42.5 Å². The summed E-state index contributed by atoms with van der Waals surface area (Å²) in [6, 6.07) is 17.6. The molecule has 0 saturated heterocycles. The van der Waals surface area contributed by atoms with Crippen molar-refractivity contribution in [3.63, 3.8) is 0 Å². The third-order valence-electron chi connectivity index (χ3n) is 5.15. The molecule has 3 rings (SSSR count). The standard InChI is InChI=1S/C27H31NO2/c1-2-3-4-5-6-9-20-30-24-14-15-26(27(29)21-24)25-11-8-7-10-23(25)13-12-22-16-18-28-19-17-22/h7-8,10-19,21,29H,2-6,9,20H2,1H3/b13-12+. The number of ether oxygens (including phenoxy) is 1. The number of hydrogen-bond acceptors (Lipinski definition) is 3. The molecule has 3 aromatic rings. The molecule has 0 bridgehead atoms. The highest BCUT2D eigenvalue weighted by Gasteiger charge is 2.09. The third-order valence-corrected chi connectivity index (χ3v) is 5.15. The number of unbranched alkanes of at least 4 members (excludes halogenated alkanes) is 5. The highest BCUT2D eigenvalue weighted by molar-refractivity contribution is 5.83. The lowest BCUT2D eigenvalue weighted by Crippen LogP contribution is -1.97. The van der Waals surface area contributed by atoms with Crippen molar-refractivity contribution in [2.45, 2.75) is 45.4 Å². The SMILES string of the molecule is CCCCCCCCOc1ccc(-c2ccccc2/C=C/c2ccncc2)c(O)c1. The number of phenols is 1. The van der Waals surface area contributed by atoms with Crippen LogP contribution in [0.25, 0.3) is 23.3 Å². The van der Waals surface area contributed by atoms with Crippen molar-refractivity contribution in [3.8, 4) is 22.6 Å². The fourth-order valence-corrected chi connectivity index (χ4v) is 3.45. The van der Waals surface area contributed by atoms with E-state index < -0.39 is 0 Å². The van der Waals surface area contributed by atoms with Crippen LogP contribution in [0.4, 0.5) is 0 Å². The van der Waals surface area contributed by atoms with Gasteiger partial charge in [-0.15, -0.1) is 0 Å². The van der Waals surface area contributed by atoms with Gasteiger partial charge in [0.2, 0.25) is 0 Å². The van der Waals surface area contributed by atoms with E-state index in [0.29, 0.717) is 6.61 Å². The maximum absolute atomic E-state index is 10.6. The third kappa shape index (κ3) is 6.48. The molecule has 0 aliphatic heterocycles. The lowest BCUT2D eigenvalue weighted by molar-refractivity contribution is 0.303. The second-order valence-corrected chi connectivity index (χ2v) is 7.50. The number of rotatable bonds is 11. The molecule has 3 nitrogen and oxygen atoms in total. The predicted octanol–water partition coefficient (Wildman–Crippen LogP) is 7.36. The van der Waals surface area contributed by atoms with Crippen LogP contribution in [-0.4, -0.2) is 16.7 Å². The fourth-order valence-electron chi connectivity index (χ4n) is 3.45. The zero-order chi connectivity index (χ0) is 21.0. The van der Waals surface area contributed by atoms with Gasteiger partial charge in [0.15, 0.2) is 0 Å². The van der Waals surface area contributed by atoms with Crippen LogP contribution in [0.15, 0.2) is 67.0 Å². The summed E-state index contributed by atoms with van der Waals surface area (Å²) in [7, 11) is 0. The molecule has 0 unspecified atom stereocenters. The van der Waals surface area contributed by atoms with Gasteiger partial charge in [-0.05, 0) is 47.4 Å². The largest absolute Gasteiger partial charge is 0.507 e. The summed E-state index contributed by atoms with van der Waals surface area (Å²) in [4.78, 5) is 4.05. The van der Waals surface area contributed by atoms with Gasteiger partial charge in [0.05, 0.1) is 6.61 Å². The van der Waals surface area contributed by atoms with Gasteiger partial charge in [0.25, 0.3) is 0 Å². The highest BCUT2D eigenvalue weighted by atomic mass is 16.5. The van der Waals surface area contributed by atoms with Crippen LogP contribution in [0, 0.1) is 0 Å².